The zero-order chi connectivity index (χ0) is 15.2. The molecule has 0 unspecified atom stereocenters. The summed E-state index contributed by atoms with van der Waals surface area (Å²) in [5.74, 6) is -0.310. The number of allylic oxidation sites excluding steroid dienone is 1. The van der Waals surface area contributed by atoms with Gasteiger partial charge in [-0.15, -0.1) is 0 Å². The number of nitrogens with one attached hydrogen (secondary N) is 1. The van der Waals surface area contributed by atoms with Gasteiger partial charge in [0.25, 0.3) is 0 Å². The molecule has 3 nitrogen and oxygen atoms in total. The van der Waals surface area contributed by atoms with Crippen molar-refractivity contribution in [3.05, 3.63) is 80.4 Å². The molecular formula is C17H14BrNO2. The van der Waals surface area contributed by atoms with E-state index in [0.717, 1.165) is 10.0 Å². The summed E-state index contributed by atoms with van der Waals surface area (Å²) in [6.07, 6.45) is 3.11. The first-order valence-corrected chi connectivity index (χ1v) is 7.20. The Kier molecular flexibility index (Phi) is 5.06. The lowest BCUT2D eigenvalue weighted by atomic mass is 10.1. The number of carbonyl (C=O) groups excluding carboxylic acids is 1. The minimum Gasteiger partial charge on any atom is -0.385 e. The fourth-order valence-electron chi connectivity index (χ4n) is 1.83. The van der Waals surface area contributed by atoms with Crippen molar-refractivity contribution < 1.29 is 4.79 Å². The Hall–Kier alpha value is -2.20. The maximum Gasteiger partial charge on any atom is 0.212 e. The molecular weight excluding hydrogens is 330 g/mol. The summed E-state index contributed by atoms with van der Waals surface area (Å²) in [7, 11) is 1.66. The summed E-state index contributed by atoms with van der Waals surface area (Å²) in [6, 6.07) is 14.2. The number of halogens is 1. The SMILES string of the molecule is CNc1ccccc(C(=O)C=Cc2ccc(Br)cc2)c1=O. The molecule has 2 aromatic carbocycles. The van der Waals surface area contributed by atoms with Crippen LogP contribution in [0.5, 0.6) is 0 Å². The van der Waals surface area contributed by atoms with E-state index in [-0.39, 0.29) is 16.8 Å². The first kappa shape index (κ1) is 15.2. The highest BCUT2D eigenvalue weighted by Gasteiger charge is 2.08. The van der Waals surface area contributed by atoms with Gasteiger partial charge in [-0.1, -0.05) is 46.3 Å². The molecule has 0 fully saturated rings. The molecule has 21 heavy (non-hydrogen) atoms. The van der Waals surface area contributed by atoms with Gasteiger partial charge in [-0.05, 0) is 35.9 Å². The van der Waals surface area contributed by atoms with Crippen LogP contribution in [0.25, 0.3) is 6.08 Å². The van der Waals surface area contributed by atoms with Crippen molar-refractivity contribution in [1.82, 2.24) is 0 Å². The molecule has 0 saturated carbocycles. The van der Waals surface area contributed by atoms with Crippen LogP contribution in [0.2, 0.25) is 0 Å². The molecule has 0 spiro atoms. The van der Waals surface area contributed by atoms with E-state index in [0.29, 0.717) is 5.69 Å². The highest BCUT2D eigenvalue weighted by Crippen LogP contribution is 2.12. The summed E-state index contributed by atoms with van der Waals surface area (Å²) in [5, 5.41) is 2.80. The molecule has 0 radical (unpaired) electrons. The van der Waals surface area contributed by atoms with E-state index in [2.05, 4.69) is 21.2 Å². The lowest BCUT2D eigenvalue weighted by molar-refractivity contribution is 0.104. The van der Waals surface area contributed by atoms with Crippen molar-refractivity contribution in [2.45, 2.75) is 0 Å². The average molecular weight is 344 g/mol. The number of anilines is 1. The lowest BCUT2D eigenvalue weighted by Crippen LogP contribution is -2.14. The second-order valence-corrected chi connectivity index (χ2v) is 5.29. The second kappa shape index (κ2) is 6.99. The van der Waals surface area contributed by atoms with Crippen molar-refractivity contribution in [2.24, 2.45) is 0 Å². The van der Waals surface area contributed by atoms with E-state index in [4.69, 9.17) is 0 Å². The number of benzene rings is 1. The Labute approximate surface area is 131 Å². The van der Waals surface area contributed by atoms with E-state index in [1.165, 1.54) is 12.1 Å². The van der Waals surface area contributed by atoms with Crippen molar-refractivity contribution in [2.75, 3.05) is 12.4 Å². The minimum absolute atomic E-state index is 0.151. The van der Waals surface area contributed by atoms with E-state index in [1.807, 2.05) is 24.3 Å². The maximum atomic E-state index is 12.2. The standard InChI is InChI=1S/C17H14BrNO2/c1-19-15-5-3-2-4-14(17(15)21)16(20)11-8-12-6-9-13(18)10-7-12/h2-11H,1H3,(H,19,21). The minimum atomic E-state index is -0.310. The van der Waals surface area contributed by atoms with E-state index >= 15 is 0 Å². The summed E-state index contributed by atoms with van der Waals surface area (Å²) >= 11 is 3.35. The molecule has 0 bridgehead atoms. The Balaban J connectivity index is 2.31. The van der Waals surface area contributed by atoms with Crippen LogP contribution in [0.1, 0.15) is 15.9 Å². The van der Waals surface area contributed by atoms with Crippen LogP contribution in [0, 0.1) is 0 Å². The third kappa shape index (κ3) is 3.89. The summed E-state index contributed by atoms with van der Waals surface area (Å²) in [5.41, 5.74) is 1.15. The van der Waals surface area contributed by atoms with Crippen LogP contribution < -0.4 is 10.7 Å². The van der Waals surface area contributed by atoms with Crippen LogP contribution >= 0.6 is 15.9 Å². The Morgan fingerprint density at radius 1 is 1.10 bits per heavy atom. The van der Waals surface area contributed by atoms with Crippen LogP contribution in [0.15, 0.2) is 63.9 Å². The molecule has 0 aromatic heterocycles. The third-order valence-electron chi connectivity index (χ3n) is 2.96. The number of rotatable bonds is 4. The molecule has 2 aromatic rings. The van der Waals surface area contributed by atoms with Gasteiger partial charge in [-0.25, -0.2) is 0 Å². The molecule has 0 heterocycles. The molecule has 0 aliphatic rings. The first-order chi connectivity index (χ1) is 10.1. The fraction of sp³-hybridized carbons (Fsp3) is 0.0588. The van der Waals surface area contributed by atoms with E-state index in [9.17, 15) is 9.59 Å². The predicted octanol–water partition coefficient (Wildman–Crippen LogP) is 3.75. The van der Waals surface area contributed by atoms with Crippen molar-refractivity contribution >= 4 is 33.5 Å². The highest BCUT2D eigenvalue weighted by molar-refractivity contribution is 9.10. The first-order valence-electron chi connectivity index (χ1n) is 6.41. The van der Waals surface area contributed by atoms with E-state index in [1.54, 1.807) is 31.3 Å². The third-order valence-corrected chi connectivity index (χ3v) is 3.49. The molecule has 0 saturated heterocycles. The number of hydrogen-bond donors (Lipinski definition) is 1. The molecule has 106 valence electrons. The number of carbonyl (C=O) groups is 1. The van der Waals surface area contributed by atoms with Crippen LogP contribution in [0.3, 0.4) is 0 Å². The molecule has 0 atom stereocenters. The van der Waals surface area contributed by atoms with Crippen molar-refractivity contribution in [3.8, 4) is 0 Å². The summed E-state index contributed by atoms with van der Waals surface area (Å²) in [4.78, 5) is 24.4. The highest BCUT2D eigenvalue weighted by atomic mass is 79.9. The largest absolute Gasteiger partial charge is 0.385 e. The van der Waals surface area contributed by atoms with Gasteiger partial charge < -0.3 is 5.32 Å². The number of hydrogen-bond acceptors (Lipinski definition) is 3. The topological polar surface area (TPSA) is 46.2 Å². The maximum absolute atomic E-state index is 12.2. The normalized spacial score (nSPS) is 10.6. The monoisotopic (exact) mass is 343 g/mol. The number of ketones is 1. The summed E-state index contributed by atoms with van der Waals surface area (Å²) < 4.78 is 0.974. The van der Waals surface area contributed by atoms with Gasteiger partial charge in [0.05, 0.1) is 11.3 Å². The summed E-state index contributed by atoms with van der Waals surface area (Å²) in [6.45, 7) is 0. The average Bonchev–Trinajstić information content (AvgIpc) is 2.68. The van der Waals surface area contributed by atoms with Crippen LogP contribution in [-0.4, -0.2) is 12.8 Å². The van der Waals surface area contributed by atoms with Gasteiger partial charge in [0, 0.05) is 11.5 Å². The molecule has 1 N–H and O–H groups in total. The van der Waals surface area contributed by atoms with Crippen LogP contribution in [0.4, 0.5) is 5.69 Å². The van der Waals surface area contributed by atoms with Gasteiger partial charge in [0.15, 0.2) is 5.78 Å². The predicted molar refractivity (Wildman–Crippen MR) is 89.8 cm³/mol. The Morgan fingerprint density at radius 2 is 1.76 bits per heavy atom. The Morgan fingerprint density at radius 3 is 2.43 bits per heavy atom. The molecule has 4 heteroatoms. The van der Waals surface area contributed by atoms with Gasteiger partial charge in [-0.2, -0.15) is 0 Å². The van der Waals surface area contributed by atoms with Crippen LogP contribution in [-0.2, 0) is 0 Å². The van der Waals surface area contributed by atoms with Crippen molar-refractivity contribution in [1.29, 1.82) is 0 Å². The molecule has 2 rings (SSSR count). The van der Waals surface area contributed by atoms with E-state index < -0.39 is 0 Å². The smallest absolute Gasteiger partial charge is 0.212 e. The van der Waals surface area contributed by atoms with Gasteiger partial charge >= 0.3 is 0 Å². The quantitative estimate of drug-likeness (QED) is 0.679. The van der Waals surface area contributed by atoms with Gasteiger partial charge in [0.1, 0.15) is 0 Å². The zero-order valence-electron chi connectivity index (χ0n) is 11.5. The molecule has 0 aliphatic heterocycles. The van der Waals surface area contributed by atoms with Gasteiger partial charge in [-0.3, -0.25) is 9.59 Å². The lowest BCUT2D eigenvalue weighted by Gasteiger charge is -1.96. The molecule has 0 amide bonds. The van der Waals surface area contributed by atoms with Gasteiger partial charge in [0.2, 0.25) is 5.43 Å². The zero-order valence-corrected chi connectivity index (χ0v) is 13.1. The van der Waals surface area contributed by atoms with Crippen molar-refractivity contribution in [3.63, 3.8) is 0 Å². The second-order valence-electron chi connectivity index (χ2n) is 4.37. The molecule has 0 aliphatic carbocycles. The fourth-order valence-corrected chi connectivity index (χ4v) is 2.09. The Bertz CT molecular complexity index is 736.